The lowest BCUT2D eigenvalue weighted by Gasteiger charge is -2.39. The molecule has 3 aliphatic rings. The van der Waals surface area contributed by atoms with Crippen molar-refractivity contribution < 1.29 is 9.53 Å². The molecule has 1 spiro atoms. The number of nitrogens with one attached hydrogen (secondary N) is 1. The van der Waals surface area contributed by atoms with Crippen molar-refractivity contribution >= 4 is 28.4 Å². The molecule has 0 aliphatic carbocycles. The number of benzene rings is 2. The van der Waals surface area contributed by atoms with E-state index in [0.717, 1.165) is 48.9 Å². The monoisotopic (exact) mass is 449 g/mol. The summed E-state index contributed by atoms with van der Waals surface area (Å²) >= 11 is 6.32. The van der Waals surface area contributed by atoms with Crippen LogP contribution in [0.4, 0.5) is 0 Å². The highest BCUT2D eigenvalue weighted by molar-refractivity contribution is 6.31. The maximum absolute atomic E-state index is 13.6. The molecule has 6 heteroatoms. The average Bonchev–Trinajstić information content (AvgIpc) is 3.54. The summed E-state index contributed by atoms with van der Waals surface area (Å²) < 4.78 is 8.51. The Morgan fingerprint density at radius 2 is 2.03 bits per heavy atom. The summed E-state index contributed by atoms with van der Waals surface area (Å²) in [7, 11) is 0. The van der Waals surface area contributed by atoms with Gasteiger partial charge in [0, 0.05) is 36.2 Å². The molecule has 1 amide bonds. The van der Waals surface area contributed by atoms with E-state index in [9.17, 15) is 4.79 Å². The average molecular weight is 450 g/mol. The smallest absolute Gasteiger partial charge is 0.256 e. The molecule has 1 aromatic heterocycles. The quantitative estimate of drug-likeness (QED) is 0.637. The summed E-state index contributed by atoms with van der Waals surface area (Å²) in [5.41, 5.74) is 4.20. The van der Waals surface area contributed by atoms with Gasteiger partial charge >= 0.3 is 0 Å². The fraction of sp³-hybridized carbons (Fsp3) is 0.423. The molecule has 1 unspecified atom stereocenters. The van der Waals surface area contributed by atoms with Gasteiger partial charge in [-0.15, -0.1) is 0 Å². The number of hydrogen-bond donors (Lipinski definition) is 1. The van der Waals surface area contributed by atoms with Crippen LogP contribution in [0, 0.1) is 5.92 Å². The molecule has 2 aromatic carbocycles. The highest BCUT2D eigenvalue weighted by Gasteiger charge is 2.43. The summed E-state index contributed by atoms with van der Waals surface area (Å²) in [6, 6.07) is 14.4. The number of aromatic nitrogens is 1. The lowest BCUT2D eigenvalue weighted by Crippen LogP contribution is -2.45. The van der Waals surface area contributed by atoms with E-state index in [1.54, 1.807) is 0 Å². The Morgan fingerprint density at radius 3 is 2.84 bits per heavy atom. The second-order valence-electron chi connectivity index (χ2n) is 9.45. The Hall–Kier alpha value is -2.34. The molecule has 4 heterocycles. The molecule has 3 aromatic rings. The summed E-state index contributed by atoms with van der Waals surface area (Å²) in [4.78, 5) is 15.6. The van der Waals surface area contributed by atoms with Gasteiger partial charge in [0.05, 0.1) is 23.3 Å². The van der Waals surface area contributed by atoms with E-state index in [1.807, 2.05) is 29.3 Å². The number of likely N-dealkylation sites (tertiary alicyclic amines) is 1. The predicted octanol–water partition coefficient (Wildman–Crippen LogP) is 4.57. The molecule has 0 bridgehead atoms. The first-order chi connectivity index (χ1) is 15.6. The minimum absolute atomic E-state index is 0.113. The van der Waals surface area contributed by atoms with Crippen LogP contribution in [0.5, 0.6) is 0 Å². The number of carbonyl (C=O) groups excluding carboxylic acids is 1. The molecular weight excluding hydrogens is 422 g/mol. The third-order valence-corrected chi connectivity index (χ3v) is 7.80. The van der Waals surface area contributed by atoms with Gasteiger partial charge in [-0.3, -0.25) is 4.79 Å². The number of carbonyl (C=O) groups is 1. The first kappa shape index (κ1) is 20.3. The van der Waals surface area contributed by atoms with Crippen LogP contribution in [0.1, 0.15) is 40.7 Å². The van der Waals surface area contributed by atoms with Crippen LogP contribution < -0.4 is 5.32 Å². The number of nitrogens with zero attached hydrogens (tertiary/aromatic N) is 2. The van der Waals surface area contributed by atoms with E-state index in [1.165, 1.54) is 17.5 Å². The van der Waals surface area contributed by atoms with E-state index in [4.69, 9.17) is 16.3 Å². The van der Waals surface area contributed by atoms with Gasteiger partial charge in [-0.25, -0.2) is 0 Å². The SMILES string of the molecule is O=C(c1cn(CC2CCNC2)c2cc(Cl)ccc12)N1CCC2(CC1)OCc1ccccc12. The third-order valence-electron chi connectivity index (χ3n) is 7.56. The third kappa shape index (κ3) is 3.35. The molecular formula is C26H28ClN3O2. The van der Waals surface area contributed by atoms with Gasteiger partial charge in [-0.05, 0) is 61.5 Å². The Morgan fingerprint density at radius 1 is 1.19 bits per heavy atom. The molecule has 32 heavy (non-hydrogen) atoms. The molecule has 5 nitrogen and oxygen atoms in total. The number of halogens is 1. The Kier molecular flexibility index (Phi) is 5.01. The number of rotatable bonds is 3. The standard InChI is InChI=1S/C26H28ClN3O2/c27-20-5-6-21-22(16-30(24(21)13-20)15-18-7-10-28-14-18)25(31)29-11-8-26(9-12-29)23-4-2-1-3-19(23)17-32-26/h1-6,13,16,18,28H,7-12,14-15,17H2. The van der Waals surface area contributed by atoms with Crippen LogP contribution in [-0.4, -0.2) is 41.6 Å². The number of piperidine rings is 1. The lowest BCUT2D eigenvalue weighted by atomic mass is 9.83. The van der Waals surface area contributed by atoms with Crippen molar-refractivity contribution in [2.75, 3.05) is 26.2 Å². The minimum atomic E-state index is -0.232. The van der Waals surface area contributed by atoms with E-state index in [2.05, 4.69) is 34.1 Å². The van der Waals surface area contributed by atoms with Gasteiger partial charge in [0.15, 0.2) is 0 Å². The van der Waals surface area contributed by atoms with Gasteiger partial charge < -0.3 is 19.5 Å². The normalized spacial score (nSPS) is 22.0. The van der Waals surface area contributed by atoms with Gasteiger partial charge in [-0.2, -0.15) is 0 Å². The maximum Gasteiger partial charge on any atom is 0.256 e. The van der Waals surface area contributed by atoms with Crippen molar-refractivity contribution in [3.05, 3.63) is 70.4 Å². The molecule has 2 saturated heterocycles. The number of hydrogen-bond acceptors (Lipinski definition) is 3. The highest BCUT2D eigenvalue weighted by Crippen LogP contribution is 2.44. The predicted molar refractivity (Wildman–Crippen MR) is 126 cm³/mol. The van der Waals surface area contributed by atoms with Crippen LogP contribution >= 0.6 is 11.6 Å². The van der Waals surface area contributed by atoms with Crippen LogP contribution in [0.15, 0.2) is 48.7 Å². The lowest BCUT2D eigenvalue weighted by molar-refractivity contribution is -0.0741. The summed E-state index contributed by atoms with van der Waals surface area (Å²) in [5, 5.41) is 5.14. The fourth-order valence-electron chi connectivity index (χ4n) is 5.77. The van der Waals surface area contributed by atoms with Crippen molar-refractivity contribution in [2.24, 2.45) is 5.92 Å². The second-order valence-corrected chi connectivity index (χ2v) is 9.88. The van der Waals surface area contributed by atoms with Gasteiger partial charge in [0.2, 0.25) is 0 Å². The number of amides is 1. The Labute approximate surface area is 193 Å². The Balaban J connectivity index is 1.26. The summed E-state index contributed by atoms with van der Waals surface area (Å²) in [6.07, 6.45) is 4.90. The van der Waals surface area contributed by atoms with E-state index in [0.29, 0.717) is 30.6 Å². The van der Waals surface area contributed by atoms with Crippen molar-refractivity contribution in [3.63, 3.8) is 0 Å². The van der Waals surface area contributed by atoms with Crippen LogP contribution in [0.25, 0.3) is 10.9 Å². The first-order valence-electron chi connectivity index (χ1n) is 11.6. The molecule has 2 fully saturated rings. The van der Waals surface area contributed by atoms with Crippen LogP contribution in [0.2, 0.25) is 5.02 Å². The first-order valence-corrected chi connectivity index (χ1v) is 12.0. The summed E-state index contributed by atoms with van der Waals surface area (Å²) in [5.74, 6) is 0.698. The number of fused-ring (bicyclic) bond motifs is 3. The zero-order chi connectivity index (χ0) is 21.7. The van der Waals surface area contributed by atoms with E-state index in [-0.39, 0.29) is 11.5 Å². The van der Waals surface area contributed by atoms with Gasteiger partial charge in [0.25, 0.3) is 5.91 Å². The maximum atomic E-state index is 13.6. The van der Waals surface area contributed by atoms with Crippen molar-refractivity contribution in [3.8, 4) is 0 Å². The largest absolute Gasteiger partial charge is 0.365 e. The van der Waals surface area contributed by atoms with Crippen LogP contribution in [0.3, 0.4) is 0 Å². The molecule has 1 atom stereocenters. The Bertz CT molecular complexity index is 1170. The topological polar surface area (TPSA) is 46.5 Å². The van der Waals surface area contributed by atoms with Crippen LogP contribution in [-0.2, 0) is 23.5 Å². The second kappa shape index (κ2) is 7.91. The zero-order valence-electron chi connectivity index (χ0n) is 18.1. The van der Waals surface area contributed by atoms with E-state index < -0.39 is 0 Å². The molecule has 166 valence electrons. The van der Waals surface area contributed by atoms with E-state index >= 15 is 0 Å². The minimum Gasteiger partial charge on any atom is -0.365 e. The van der Waals surface area contributed by atoms with Gasteiger partial charge in [-0.1, -0.05) is 41.9 Å². The zero-order valence-corrected chi connectivity index (χ0v) is 18.9. The fourth-order valence-corrected chi connectivity index (χ4v) is 5.94. The molecule has 0 radical (unpaired) electrons. The van der Waals surface area contributed by atoms with Gasteiger partial charge in [0.1, 0.15) is 0 Å². The molecule has 6 rings (SSSR count). The van der Waals surface area contributed by atoms with Crippen molar-refractivity contribution in [2.45, 2.75) is 38.0 Å². The highest BCUT2D eigenvalue weighted by atomic mass is 35.5. The molecule has 3 aliphatic heterocycles. The number of ether oxygens (including phenoxy) is 1. The van der Waals surface area contributed by atoms with Crippen molar-refractivity contribution in [1.29, 1.82) is 0 Å². The van der Waals surface area contributed by atoms with Crippen molar-refractivity contribution in [1.82, 2.24) is 14.8 Å². The summed E-state index contributed by atoms with van der Waals surface area (Å²) in [6.45, 7) is 5.09. The molecule has 0 saturated carbocycles. The molecule has 1 N–H and O–H groups in total.